The zero-order valence-corrected chi connectivity index (χ0v) is 14.3. The predicted molar refractivity (Wildman–Crippen MR) is 96.4 cm³/mol. The third-order valence-corrected chi connectivity index (χ3v) is 5.73. The number of fused-ring (bicyclic) bond motifs is 3. The number of hydrogen-bond acceptors (Lipinski definition) is 4. The lowest BCUT2D eigenvalue weighted by atomic mass is 9.94. The van der Waals surface area contributed by atoms with Crippen LogP contribution in [0.1, 0.15) is 27.2 Å². The standard InChI is InChI=1S/C17H15ClN4OS/c18-12-4-2-1-3-9(12)7-22-8-11-13(21-22)6-5-10-14(16(19)23)17(20)24-15(10)11/h1-4,8H,5-7,20H2,(H2,19,23). The minimum Gasteiger partial charge on any atom is -0.390 e. The quantitative estimate of drug-likeness (QED) is 0.754. The van der Waals surface area contributed by atoms with E-state index in [-0.39, 0.29) is 0 Å². The van der Waals surface area contributed by atoms with Crippen LogP contribution in [0, 0.1) is 0 Å². The van der Waals surface area contributed by atoms with Crippen LogP contribution in [0.2, 0.25) is 5.02 Å². The molecule has 1 aliphatic rings. The monoisotopic (exact) mass is 358 g/mol. The first-order chi connectivity index (χ1) is 11.5. The van der Waals surface area contributed by atoms with E-state index in [1.54, 1.807) is 0 Å². The number of nitrogen functional groups attached to an aromatic ring is 1. The normalized spacial score (nSPS) is 12.7. The molecule has 24 heavy (non-hydrogen) atoms. The summed E-state index contributed by atoms with van der Waals surface area (Å²) < 4.78 is 1.89. The van der Waals surface area contributed by atoms with Crippen molar-refractivity contribution in [2.75, 3.05) is 5.73 Å². The Morgan fingerprint density at radius 3 is 2.88 bits per heavy atom. The molecule has 0 saturated carbocycles. The highest BCUT2D eigenvalue weighted by Crippen LogP contribution is 2.43. The average molecular weight is 359 g/mol. The SMILES string of the molecule is NC(=O)c1c(N)sc2c1CCc1nn(Cc3ccccc3Cl)cc1-2. The molecule has 122 valence electrons. The molecule has 2 aromatic heterocycles. The largest absolute Gasteiger partial charge is 0.390 e. The lowest BCUT2D eigenvalue weighted by Gasteiger charge is -2.11. The number of amides is 1. The Hall–Kier alpha value is -2.31. The van der Waals surface area contributed by atoms with Crippen molar-refractivity contribution in [2.45, 2.75) is 19.4 Å². The maximum Gasteiger partial charge on any atom is 0.251 e. The van der Waals surface area contributed by atoms with Gasteiger partial charge in [-0.3, -0.25) is 9.48 Å². The van der Waals surface area contributed by atoms with Crippen LogP contribution in [0.15, 0.2) is 30.5 Å². The van der Waals surface area contributed by atoms with Crippen molar-refractivity contribution in [1.29, 1.82) is 0 Å². The van der Waals surface area contributed by atoms with Gasteiger partial charge in [0.15, 0.2) is 0 Å². The zero-order valence-electron chi connectivity index (χ0n) is 12.8. The molecule has 4 rings (SSSR count). The molecular weight excluding hydrogens is 344 g/mol. The number of aryl methyl sites for hydroxylation is 1. The molecule has 1 aliphatic carbocycles. The van der Waals surface area contributed by atoms with E-state index in [0.29, 0.717) is 17.1 Å². The van der Waals surface area contributed by atoms with Gasteiger partial charge >= 0.3 is 0 Å². The number of rotatable bonds is 3. The first kappa shape index (κ1) is 15.2. The minimum atomic E-state index is -0.461. The summed E-state index contributed by atoms with van der Waals surface area (Å²) in [5.41, 5.74) is 16.0. The van der Waals surface area contributed by atoms with Crippen LogP contribution < -0.4 is 11.5 Å². The molecule has 7 heteroatoms. The fourth-order valence-corrected chi connectivity index (χ4v) is 4.52. The van der Waals surface area contributed by atoms with E-state index in [4.69, 9.17) is 23.1 Å². The van der Waals surface area contributed by atoms with Crippen molar-refractivity contribution in [3.8, 4) is 10.4 Å². The molecule has 0 saturated heterocycles. The third-order valence-electron chi connectivity index (χ3n) is 4.27. The average Bonchev–Trinajstić information content (AvgIpc) is 3.08. The number of halogens is 1. The van der Waals surface area contributed by atoms with Gasteiger partial charge in [-0.1, -0.05) is 29.8 Å². The van der Waals surface area contributed by atoms with E-state index < -0.39 is 5.91 Å². The molecule has 0 aliphatic heterocycles. The topological polar surface area (TPSA) is 86.9 Å². The van der Waals surface area contributed by atoms with Crippen LogP contribution in [0.5, 0.6) is 0 Å². The third kappa shape index (κ3) is 2.39. The van der Waals surface area contributed by atoms with Gasteiger partial charge in [0.05, 0.1) is 22.8 Å². The van der Waals surface area contributed by atoms with E-state index in [1.807, 2.05) is 35.1 Å². The minimum absolute atomic E-state index is 0.461. The van der Waals surface area contributed by atoms with Crippen LogP contribution in [-0.4, -0.2) is 15.7 Å². The fourth-order valence-electron chi connectivity index (χ4n) is 3.17. The number of anilines is 1. The second kappa shape index (κ2) is 5.65. The number of primary amides is 1. The Balaban J connectivity index is 1.75. The van der Waals surface area contributed by atoms with Gasteiger partial charge in [0.25, 0.3) is 5.91 Å². The van der Waals surface area contributed by atoms with Gasteiger partial charge in [0.2, 0.25) is 0 Å². The number of thiophene rings is 1. The maximum atomic E-state index is 11.7. The van der Waals surface area contributed by atoms with E-state index >= 15 is 0 Å². The molecule has 4 N–H and O–H groups in total. The van der Waals surface area contributed by atoms with Crippen LogP contribution in [0.3, 0.4) is 0 Å². The first-order valence-corrected chi connectivity index (χ1v) is 8.75. The van der Waals surface area contributed by atoms with Gasteiger partial charge in [-0.25, -0.2) is 0 Å². The van der Waals surface area contributed by atoms with Crippen molar-refractivity contribution >= 4 is 33.8 Å². The molecule has 5 nitrogen and oxygen atoms in total. The first-order valence-electron chi connectivity index (χ1n) is 7.55. The summed E-state index contributed by atoms with van der Waals surface area (Å²) >= 11 is 7.64. The molecule has 0 bridgehead atoms. The molecular formula is C17H15ClN4OS. The van der Waals surface area contributed by atoms with Crippen LogP contribution >= 0.6 is 22.9 Å². The lowest BCUT2D eigenvalue weighted by molar-refractivity contribution is 0.100. The van der Waals surface area contributed by atoms with Gasteiger partial charge in [0, 0.05) is 21.7 Å². The molecule has 1 aromatic carbocycles. The fraction of sp³-hybridized carbons (Fsp3) is 0.176. The molecule has 0 fully saturated rings. The van der Waals surface area contributed by atoms with Crippen LogP contribution in [0.25, 0.3) is 10.4 Å². The van der Waals surface area contributed by atoms with Crippen molar-refractivity contribution in [2.24, 2.45) is 5.73 Å². The summed E-state index contributed by atoms with van der Waals surface area (Å²) in [5, 5.41) is 5.89. The molecule has 0 spiro atoms. The second-order valence-corrected chi connectivity index (χ2v) is 7.25. The van der Waals surface area contributed by atoms with E-state index in [2.05, 4.69) is 5.10 Å². The van der Waals surface area contributed by atoms with Gasteiger partial charge in [-0.15, -0.1) is 11.3 Å². The Labute approximate surface area is 147 Å². The molecule has 2 heterocycles. The Bertz CT molecular complexity index is 960. The molecule has 3 aromatic rings. The smallest absolute Gasteiger partial charge is 0.251 e. The van der Waals surface area contributed by atoms with Crippen molar-refractivity contribution < 1.29 is 4.79 Å². The maximum absolute atomic E-state index is 11.7. The molecule has 1 amide bonds. The number of hydrogen-bond donors (Lipinski definition) is 2. The summed E-state index contributed by atoms with van der Waals surface area (Å²) in [6, 6.07) is 7.73. The summed E-state index contributed by atoms with van der Waals surface area (Å²) in [4.78, 5) is 12.7. The number of nitrogens with zero attached hydrogens (tertiary/aromatic N) is 2. The second-order valence-electron chi connectivity index (χ2n) is 5.79. The number of carbonyl (C=O) groups excluding carboxylic acids is 1. The zero-order chi connectivity index (χ0) is 16.8. The number of nitrogens with two attached hydrogens (primary N) is 2. The Kier molecular flexibility index (Phi) is 3.58. The highest BCUT2D eigenvalue weighted by atomic mass is 35.5. The van der Waals surface area contributed by atoms with E-state index in [9.17, 15) is 4.79 Å². The predicted octanol–water partition coefficient (Wildman–Crippen LogP) is 3.09. The van der Waals surface area contributed by atoms with Gasteiger partial charge in [0.1, 0.15) is 0 Å². The van der Waals surface area contributed by atoms with Crippen molar-refractivity contribution in [3.63, 3.8) is 0 Å². The number of carbonyl (C=O) groups is 1. The summed E-state index contributed by atoms with van der Waals surface area (Å²) in [5.74, 6) is -0.461. The van der Waals surface area contributed by atoms with Crippen LogP contribution in [0.4, 0.5) is 5.00 Å². The van der Waals surface area contributed by atoms with E-state index in [1.165, 1.54) is 11.3 Å². The Morgan fingerprint density at radius 2 is 2.12 bits per heavy atom. The number of benzene rings is 1. The number of aromatic nitrogens is 2. The summed E-state index contributed by atoms with van der Waals surface area (Å²) in [6.45, 7) is 0.603. The molecule has 0 radical (unpaired) electrons. The summed E-state index contributed by atoms with van der Waals surface area (Å²) in [7, 11) is 0. The van der Waals surface area contributed by atoms with Crippen molar-refractivity contribution in [3.05, 3.63) is 57.9 Å². The van der Waals surface area contributed by atoms with Crippen LogP contribution in [-0.2, 0) is 19.4 Å². The van der Waals surface area contributed by atoms with Gasteiger partial charge in [-0.2, -0.15) is 5.10 Å². The van der Waals surface area contributed by atoms with Crippen molar-refractivity contribution in [1.82, 2.24) is 9.78 Å². The highest BCUT2D eigenvalue weighted by molar-refractivity contribution is 7.20. The van der Waals surface area contributed by atoms with E-state index in [0.717, 1.165) is 45.1 Å². The van der Waals surface area contributed by atoms with Gasteiger partial charge in [-0.05, 0) is 30.0 Å². The Morgan fingerprint density at radius 1 is 1.33 bits per heavy atom. The molecule has 0 atom stereocenters. The molecule has 0 unspecified atom stereocenters. The summed E-state index contributed by atoms with van der Waals surface area (Å²) in [6.07, 6.45) is 3.50. The highest BCUT2D eigenvalue weighted by Gasteiger charge is 2.28. The lowest BCUT2D eigenvalue weighted by Crippen LogP contribution is -2.15. The van der Waals surface area contributed by atoms with Gasteiger partial charge < -0.3 is 11.5 Å².